The lowest BCUT2D eigenvalue weighted by Gasteiger charge is -2.18. The van der Waals surface area contributed by atoms with Gasteiger partial charge in [0.2, 0.25) is 0 Å². The van der Waals surface area contributed by atoms with Crippen LogP contribution in [-0.2, 0) is 11.2 Å². The number of nitrogens with one attached hydrogen (secondary N) is 1. The Balaban J connectivity index is 1.40. The lowest BCUT2D eigenvalue weighted by Crippen LogP contribution is -2.25. The van der Waals surface area contributed by atoms with Crippen molar-refractivity contribution >= 4 is 50.3 Å². The highest BCUT2D eigenvalue weighted by molar-refractivity contribution is 7.22. The van der Waals surface area contributed by atoms with Crippen LogP contribution >= 0.6 is 11.3 Å². The zero-order chi connectivity index (χ0) is 23.5. The molecule has 5 nitrogen and oxygen atoms in total. The van der Waals surface area contributed by atoms with Crippen LogP contribution in [0.2, 0.25) is 0 Å². The molecule has 1 aliphatic rings. The minimum Gasteiger partial charge on any atom is -0.349 e. The molecule has 170 valence electrons. The van der Waals surface area contributed by atoms with E-state index < -0.39 is 0 Å². The lowest BCUT2D eigenvalue weighted by atomic mass is 10.1. The van der Waals surface area contributed by atoms with Gasteiger partial charge in [-0.15, -0.1) is 0 Å². The normalized spacial score (nSPS) is 13.3. The van der Waals surface area contributed by atoms with Gasteiger partial charge in [-0.05, 0) is 72.9 Å². The van der Waals surface area contributed by atoms with Crippen molar-refractivity contribution in [1.29, 1.82) is 0 Å². The van der Waals surface area contributed by atoms with Crippen molar-refractivity contribution < 1.29 is 9.59 Å². The Labute approximate surface area is 202 Å². The Hall–Kier alpha value is -3.77. The van der Waals surface area contributed by atoms with Crippen LogP contribution in [0.4, 0.5) is 10.8 Å². The average Bonchev–Trinajstić information content (AvgIpc) is 3.58. The lowest BCUT2D eigenvalue weighted by molar-refractivity contribution is -0.113. The van der Waals surface area contributed by atoms with Gasteiger partial charge in [0.05, 0.1) is 15.9 Å². The van der Waals surface area contributed by atoms with Gasteiger partial charge < -0.3 is 5.32 Å². The van der Waals surface area contributed by atoms with Crippen LogP contribution in [-0.4, -0.2) is 22.8 Å². The molecule has 3 aromatic carbocycles. The Bertz CT molecular complexity index is 1320. The fraction of sp³-hybridized carbons (Fsp3) is 0.179. The minimum absolute atomic E-state index is 0.0494. The van der Waals surface area contributed by atoms with Crippen molar-refractivity contribution in [2.24, 2.45) is 0 Å². The molecule has 1 heterocycles. The van der Waals surface area contributed by atoms with E-state index in [0.29, 0.717) is 16.7 Å². The van der Waals surface area contributed by atoms with Crippen LogP contribution in [0.25, 0.3) is 16.3 Å². The van der Waals surface area contributed by atoms with Crippen molar-refractivity contribution in [3.63, 3.8) is 0 Å². The molecular weight excluding hydrogens is 442 g/mol. The average molecular weight is 468 g/mol. The molecule has 0 spiro atoms. The van der Waals surface area contributed by atoms with E-state index in [-0.39, 0.29) is 11.8 Å². The summed E-state index contributed by atoms with van der Waals surface area (Å²) in [5, 5.41) is 3.62. The van der Waals surface area contributed by atoms with Gasteiger partial charge in [0, 0.05) is 17.7 Å². The predicted molar refractivity (Wildman–Crippen MR) is 139 cm³/mol. The summed E-state index contributed by atoms with van der Waals surface area (Å²) in [7, 11) is 0. The molecule has 0 aliphatic heterocycles. The van der Waals surface area contributed by atoms with Gasteiger partial charge in [-0.1, -0.05) is 54.7 Å². The van der Waals surface area contributed by atoms with Crippen molar-refractivity contribution in [3.8, 4) is 0 Å². The summed E-state index contributed by atoms with van der Waals surface area (Å²) >= 11 is 1.49. The van der Waals surface area contributed by atoms with Crippen LogP contribution in [0.1, 0.15) is 41.3 Å². The second kappa shape index (κ2) is 9.61. The zero-order valence-corrected chi connectivity index (χ0v) is 19.7. The standard InChI is InChI=1S/C28H25N3O2S/c1-2-19-9-16-23(17-10-19)31(28-30-24-5-3-4-6-25(24)34-28)26(32)18-11-20-7-12-21(13-8-20)27(33)29-22-14-15-22/h3-13,16-18,22H,2,14-15H2,1H3,(H,29,33)/b18-11+. The highest BCUT2D eigenvalue weighted by Crippen LogP contribution is 2.34. The molecular formula is C28H25N3O2S. The molecule has 34 heavy (non-hydrogen) atoms. The number of thiazole rings is 1. The Morgan fingerprint density at radius 3 is 2.44 bits per heavy atom. The van der Waals surface area contributed by atoms with Crippen LogP contribution in [0.15, 0.2) is 78.9 Å². The first-order chi connectivity index (χ1) is 16.6. The van der Waals surface area contributed by atoms with Crippen molar-refractivity contribution in [2.75, 3.05) is 4.90 Å². The van der Waals surface area contributed by atoms with Gasteiger partial charge >= 0.3 is 0 Å². The summed E-state index contributed by atoms with van der Waals surface area (Å²) in [6.45, 7) is 2.11. The number of anilines is 2. The number of aryl methyl sites for hydroxylation is 1. The molecule has 1 aromatic heterocycles. The maximum Gasteiger partial charge on any atom is 0.257 e. The number of carbonyl (C=O) groups excluding carboxylic acids is 2. The summed E-state index contributed by atoms with van der Waals surface area (Å²) in [5.41, 5.74) is 4.33. The predicted octanol–water partition coefficient (Wildman–Crippen LogP) is 6.13. The second-order valence-electron chi connectivity index (χ2n) is 8.36. The Morgan fingerprint density at radius 2 is 1.76 bits per heavy atom. The molecule has 2 amide bonds. The Kier molecular flexibility index (Phi) is 6.23. The molecule has 6 heteroatoms. The third-order valence-corrected chi connectivity index (χ3v) is 6.82. The number of benzene rings is 3. The number of aromatic nitrogens is 1. The third kappa shape index (κ3) is 4.92. The monoisotopic (exact) mass is 467 g/mol. The minimum atomic E-state index is -0.182. The molecule has 5 rings (SSSR count). The first kappa shape index (κ1) is 22.0. The van der Waals surface area contributed by atoms with Gasteiger partial charge in [-0.25, -0.2) is 4.98 Å². The van der Waals surface area contributed by atoms with E-state index in [9.17, 15) is 9.59 Å². The van der Waals surface area contributed by atoms with Crippen molar-refractivity contribution in [1.82, 2.24) is 10.3 Å². The van der Waals surface area contributed by atoms with E-state index in [4.69, 9.17) is 4.98 Å². The van der Waals surface area contributed by atoms with E-state index in [1.807, 2.05) is 60.7 Å². The van der Waals surface area contributed by atoms with E-state index in [1.54, 1.807) is 29.2 Å². The summed E-state index contributed by atoms with van der Waals surface area (Å²) < 4.78 is 1.03. The van der Waals surface area contributed by atoms with Crippen LogP contribution < -0.4 is 10.2 Å². The Morgan fingerprint density at radius 1 is 1.03 bits per heavy atom. The van der Waals surface area contributed by atoms with E-state index in [0.717, 1.165) is 40.7 Å². The second-order valence-corrected chi connectivity index (χ2v) is 9.37. The number of para-hydroxylation sites is 1. The number of hydrogen-bond acceptors (Lipinski definition) is 4. The molecule has 0 saturated heterocycles. The van der Waals surface area contributed by atoms with Crippen LogP contribution in [0, 0.1) is 0 Å². The van der Waals surface area contributed by atoms with Crippen molar-refractivity contribution in [3.05, 3.63) is 95.6 Å². The van der Waals surface area contributed by atoms with E-state index >= 15 is 0 Å². The van der Waals surface area contributed by atoms with E-state index in [1.165, 1.54) is 16.9 Å². The highest BCUT2D eigenvalue weighted by atomic mass is 32.1. The molecule has 0 bridgehead atoms. The number of carbonyl (C=O) groups is 2. The summed E-state index contributed by atoms with van der Waals surface area (Å²) in [6, 6.07) is 23.5. The maximum absolute atomic E-state index is 13.4. The van der Waals surface area contributed by atoms with Gasteiger partial charge in [-0.3, -0.25) is 14.5 Å². The zero-order valence-electron chi connectivity index (χ0n) is 18.9. The first-order valence-electron chi connectivity index (χ1n) is 11.5. The fourth-order valence-corrected chi connectivity index (χ4v) is 4.64. The summed E-state index contributed by atoms with van der Waals surface area (Å²) in [6.07, 6.45) is 6.37. The molecule has 1 aliphatic carbocycles. The number of amides is 2. The number of hydrogen-bond donors (Lipinski definition) is 1. The topological polar surface area (TPSA) is 62.3 Å². The summed E-state index contributed by atoms with van der Waals surface area (Å²) in [4.78, 5) is 32.0. The molecule has 1 saturated carbocycles. The smallest absolute Gasteiger partial charge is 0.257 e. The van der Waals surface area contributed by atoms with E-state index in [2.05, 4.69) is 12.2 Å². The van der Waals surface area contributed by atoms with Crippen LogP contribution in [0.3, 0.4) is 0 Å². The van der Waals surface area contributed by atoms with Gasteiger partial charge in [0.1, 0.15) is 0 Å². The number of fused-ring (bicyclic) bond motifs is 1. The molecule has 0 atom stereocenters. The van der Waals surface area contributed by atoms with Gasteiger partial charge in [0.15, 0.2) is 5.13 Å². The van der Waals surface area contributed by atoms with Crippen molar-refractivity contribution in [2.45, 2.75) is 32.2 Å². The van der Waals surface area contributed by atoms with Gasteiger partial charge in [0.25, 0.3) is 11.8 Å². The molecule has 1 fully saturated rings. The molecule has 0 unspecified atom stereocenters. The number of nitrogens with zero attached hydrogens (tertiary/aromatic N) is 2. The largest absolute Gasteiger partial charge is 0.349 e. The maximum atomic E-state index is 13.4. The summed E-state index contributed by atoms with van der Waals surface area (Å²) in [5.74, 6) is -0.231. The first-order valence-corrected chi connectivity index (χ1v) is 12.3. The quantitative estimate of drug-likeness (QED) is 0.333. The molecule has 1 N–H and O–H groups in total. The fourth-order valence-electron chi connectivity index (χ4n) is 3.65. The third-order valence-electron chi connectivity index (χ3n) is 5.80. The van der Waals surface area contributed by atoms with Crippen LogP contribution in [0.5, 0.6) is 0 Å². The highest BCUT2D eigenvalue weighted by Gasteiger charge is 2.23. The number of rotatable bonds is 7. The molecule has 4 aromatic rings. The SMILES string of the molecule is CCc1ccc(N(C(=O)/C=C/c2ccc(C(=O)NC3CC3)cc2)c2nc3ccccc3s2)cc1. The van der Waals surface area contributed by atoms with Gasteiger partial charge in [-0.2, -0.15) is 0 Å². The molecule has 0 radical (unpaired) electrons.